The number of aliphatic hydroxyl groups excluding tert-OH is 1. The Morgan fingerprint density at radius 1 is 1.32 bits per heavy atom. The number of carbonyl (C=O) groups excluding carboxylic acids is 3. The number of rotatable bonds is 4. The zero-order valence-corrected chi connectivity index (χ0v) is 17.1. The van der Waals surface area contributed by atoms with Crippen molar-refractivity contribution in [3.05, 3.63) is 12.2 Å². The third-order valence-electron chi connectivity index (χ3n) is 5.60. The van der Waals surface area contributed by atoms with Crippen LogP contribution in [0, 0.1) is 11.8 Å². The Hall–Kier alpha value is -1.89. The van der Waals surface area contributed by atoms with Crippen molar-refractivity contribution in [1.82, 2.24) is 10.2 Å². The van der Waals surface area contributed by atoms with E-state index in [-0.39, 0.29) is 55.4 Å². The van der Waals surface area contributed by atoms with Gasteiger partial charge >= 0.3 is 5.97 Å². The van der Waals surface area contributed by atoms with Crippen molar-refractivity contribution in [3.8, 4) is 0 Å². The molecule has 2 amide bonds. The predicted octanol–water partition coefficient (Wildman–Crippen LogP) is 1.79. The summed E-state index contributed by atoms with van der Waals surface area (Å²) < 4.78 is 5.32. The monoisotopic (exact) mass is 394 g/mol. The molecule has 7 nitrogen and oxygen atoms in total. The van der Waals surface area contributed by atoms with E-state index >= 15 is 0 Å². The first-order chi connectivity index (χ1) is 13.4. The third kappa shape index (κ3) is 6.62. The Kier molecular flexibility index (Phi) is 8.96. The fourth-order valence-electron chi connectivity index (χ4n) is 3.66. The van der Waals surface area contributed by atoms with E-state index in [4.69, 9.17) is 4.74 Å². The number of carbonyl (C=O) groups is 3. The van der Waals surface area contributed by atoms with Crippen LogP contribution in [0.2, 0.25) is 0 Å². The van der Waals surface area contributed by atoms with Crippen molar-refractivity contribution in [1.29, 1.82) is 0 Å². The third-order valence-corrected chi connectivity index (χ3v) is 5.60. The summed E-state index contributed by atoms with van der Waals surface area (Å²) in [6.07, 6.45) is 7.99. The van der Waals surface area contributed by atoms with Gasteiger partial charge in [0.25, 0.3) is 0 Å². The van der Waals surface area contributed by atoms with E-state index in [2.05, 4.69) is 5.32 Å². The van der Waals surface area contributed by atoms with Gasteiger partial charge in [-0.3, -0.25) is 14.4 Å². The summed E-state index contributed by atoms with van der Waals surface area (Å²) in [6, 6.07) is -0.417. The van der Waals surface area contributed by atoms with Crippen LogP contribution in [0.15, 0.2) is 12.2 Å². The molecule has 0 spiro atoms. The molecule has 7 heteroatoms. The summed E-state index contributed by atoms with van der Waals surface area (Å²) in [6.45, 7) is 4.68. The minimum atomic E-state index is -0.471. The first-order valence-electron chi connectivity index (χ1n) is 10.4. The van der Waals surface area contributed by atoms with Crippen LogP contribution in [0.1, 0.15) is 58.8 Å². The number of nitrogens with one attached hydrogen (secondary N) is 1. The number of hydrogen-bond acceptors (Lipinski definition) is 5. The number of ether oxygens (including phenoxy) is 1. The minimum Gasteiger partial charge on any atom is -0.463 e. The van der Waals surface area contributed by atoms with Crippen molar-refractivity contribution in [3.63, 3.8) is 0 Å². The van der Waals surface area contributed by atoms with E-state index in [9.17, 15) is 19.5 Å². The lowest BCUT2D eigenvalue weighted by Crippen LogP contribution is -2.46. The normalized spacial score (nSPS) is 27.6. The zero-order chi connectivity index (χ0) is 20.5. The Balaban J connectivity index is 2.09. The van der Waals surface area contributed by atoms with Crippen LogP contribution in [0.25, 0.3) is 0 Å². The van der Waals surface area contributed by atoms with Crippen molar-refractivity contribution < 1.29 is 24.2 Å². The highest BCUT2D eigenvalue weighted by Crippen LogP contribution is 2.21. The molecule has 28 heavy (non-hydrogen) atoms. The number of esters is 1. The van der Waals surface area contributed by atoms with Gasteiger partial charge in [-0.05, 0) is 38.0 Å². The standard InChI is InChI=1S/C21H34N2O5/c1-15(2)18-14-28-20(26)10-6-4-3-5-8-16(21(27)22-18)12-19(25)23-11-7-9-17(23)13-24/h3,5,15-18,24H,4,6-14H2,1-2H3,(H,22,27). The van der Waals surface area contributed by atoms with Crippen LogP contribution in [-0.4, -0.2) is 59.6 Å². The molecule has 1 fully saturated rings. The molecule has 0 radical (unpaired) electrons. The maximum Gasteiger partial charge on any atom is 0.305 e. The number of nitrogens with zero attached hydrogens (tertiary/aromatic N) is 1. The summed E-state index contributed by atoms with van der Waals surface area (Å²) in [5.74, 6) is -0.885. The zero-order valence-electron chi connectivity index (χ0n) is 17.1. The van der Waals surface area contributed by atoms with E-state index < -0.39 is 5.92 Å². The average molecular weight is 395 g/mol. The van der Waals surface area contributed by atoms with Gasteiger partial charge in [-0.2, -0.15) is 0 Å². The molecule has 158 valence electrons. The minimum absolute atomic E-state index is 0.0384. The molecule has 2 aliphatic rings. The molecule has 3 unspecified atom stereocenters. The number of likely N-dealkylation sites (tertiary alicyclic amines) is 1. The van der Waals surface area contributed by atoms with Gasteiger partial charge < -0.3 is 20.1 Å². The molecule has 2 aliphatic heterocycles. The number of aliphatic hydroxyl groups is 1. The molecule has 2 N–H and O–H groups in total. The van der Waals surface area contributed by atoms with Gasteiger partial charge in [-0.1, -0.05) is 26.0 Å². The first kappa shape index (κ1) is 22.4. The first-order valence-corrected chi connectivity index (χ1v) is 10.4. The Morgan fingerprint density at radius 2 is 2.11 bits per heavy atom. The summed E-state index contributed by atoms with van der Waals surface area (Å²) in [4.78, 5) is 39.2. The molecule has 0 aromatic carbocycles. The van der Waals surface area contributed by atoms with Crippen molar-refractivity contribution in [2.24, 2.45) is 11.8 Å². The Bertz CT molecular complexity index is 575. The SMILES string of the molecule is CC(C)C1COC(=O)CCCC=CCC(CC(=O)N2CCCC2CO)C(=O)N1. The molecule has 1 saturated heterocycles. The molecular weight excluding hydrogens is 360 g/mol. The molecule has 0 aromatic heterocycles. The van der Waals surface area contributed by atoms with E-state index in [1.54, 1.807) is 4.90 Å². The van der Waals surface area contributed by atoms with Crippen LogP contribution in [0.4, 0.5) is 0 Å². The van der Waals surface area contributed by atoms with E-state index in [1.807, 2.05) is 26.0 Å². The predicted molar refractivity (Wildman–Crippen MR) is 105 cm³/mol. The fraction of sp³-hybridized carbons (Fsp3) is 0.762. The van der Waals surface area contributed by atoms with Crippen LogP contribution >= 0.6 is 0 Å². The highest BCUT2D eigenvalue weighted by atomic mass is 16.5. The van der Waals surface area contributed by atoms with Gasteiger partial charge in [0.05, 0.1) is 24.6 Å². The van der Waals surface area contributed by atoms with E-state index in [1.165, 1.54) is 0 Å². The highest BCUT2D eigenvalue weighted by molar-refractivity contribution is 5.86. The topological polar surface area (TPSA) is 95.9 Å². The molecule has 2 heterocycles. The molecule has 0 bridgehead atoms. The van der Waals surface area contributed by atoms with Crippen LogP contribution in [0.3, 0.4) is 0 Å². The number of hydrogen-bond donors (Lipinski definition) is 2. The summed E-state index contributed by atoms with van der Waals surface area (Å²) in [7, 11) is 0. The molecular formula is C21H34N2O5. The quantitative estimate of drug-likeness (QED) is 0.560. The maximum absolute atomic E-state index is 12.9. The molecule has 0 aliphatic carbocycles. The van der Waals surface area contributed by atoms with Crippen molar-refractivity contribution >= 4 is 17.8 Å². The molecule has 0 aromatic rings. The van der Waals surface area contributed by atoms with E-state index in [0.717, 1.165) is 19.3 Å². The van der Waals surface area contributed by atoms with E-state index in [0.29, 0.717) is 25.8 Å². The smallest absolute Gasteiger partial charge is 0.305 e. The largest absolute Gasteiger partial charge is 0.463 e. The summed E-state index contributed by atoms with van der Waals surface area (Å²) in [5, 5.41) is 12.4. The Labute approximate surface area is 167 Å². The fourth-order valence-corrected chi connectivity index (χ4v) is 3.66. The van der Waals surface area contributed by atoms with Gasteiger partial charge in [0, 0.05) is 19.4 Å². The summed E-state index contributed by atoms with van der Waals surface area (Å²) in [5.41, 5.74) is 0. The average Bonchev–Trinajstić information content (AvgIpc) is 3.14. The van der Waals surface area contributed by atoms with Crippen LogP contribution < -0.4 is 5.32 Å². The van der Waals surface area contributed by atoms with Gasteiger partial charge in [0.15, 0.2) is 0 Å². The molecule has 3 atom stereocenters. The highest BCUT2D eigenvalue weighted by Gasteiger charge is 2.32. The van der Waals surface area contributed by atoms with Gasteiger partial charge in [-0.15, -0.1) is 0 Å². The Morgan fingerprint density at radius 3 is 2.82 bits per heavy atom. The van der Waals surface area contributed by atoms with Gasteiger partial charge in [-0.25, -0.2) is 0 Å². The van der Waals surface area contributed by atoms with Gasteiger partial charge in [0.1, 0.15) is 6.61 Å². The maximum atomic E-state index is 12.9. The summed E-state index contributed by atoms with van der Waals surface area (Å²) >= 11 is 0. The molecule has 0 saturated carbocycles. The van der Waals surface area contributed by atoms with Crippen molar-refractivity contribution in [2.75, 3.05) is 19.8 Å². The lowest BCUT2D eigenvalue weighted by Gasteiger charge is -2.27. The second-order valence-electron chi connectivity index (χ2n) is 8.11. The molecule has 2 rings (SSSR count). The number of cyclic esters (lactones) is 1. The number of allylic oxidation sites excluding steroid dienone is 2. The number of amides is 2. The van der Waals surface area contributed by atoms with Crippen LogP contribution in [-0.2, 0) is 19.1 Å². The lowest BCUT2D eigenvalue weighted by atomic mass is 9.96. The van der Waals surface area contributed by atoms with Crippen LogP contribution in [0.5, 0.6) is 0 Å². The second-order valence-corrected chi connectivity index (χ2v) is 8.11. The lowest BCUT2D eigenvalue weighted by molar-refractivity contribution is -0.145. The van der Waals surface area contributed by atoms with Crippen molar-refractivity contribution in [2.45, 2.75) is 70.9 Å². The van der Waals surface area contributed by atoms with Gasteiger partial charge in [0.2, 0.25) is 11.8 Å². The second kappa shape index (κ2) is 11.2.